The van der Waals surface area contributed by atoms with Crippen molar-refractivity contribution in [3.8, 4) is 17.2 Å². The molecule has 1 N–H and O–H groups in total. The van der Waals surface area contributed by atoms with Crippen molar-refractivity contribution in [2.45, 2.75) is 0 Å². The SMILES string of the molecule is Oc1c(C=Nc2ccccc2)cccc1Oc1ccccc1.[Co]. The number of ether oxygens (including phenoxy) is 1. The molecule has 0 aliphatic rings. The molecular weight excluding hydrogens is 333 g/mol. The Bertz CT molecular complexity index is 774. The minimum Gasteiger partial charge on any atom is -0.504 e. The zero-order valence-corrected chi connectivity index (χ0v) is 13.3. The zero-order valence-electron chi connectivity index (χ0n) is 12.2. The van der Waals surface area contributed by atoms with Gasteiger partial charge in [-0.3, -0.25) is 4.99 Å². The molecule has 0 atom stereocenters. The fraction of sp³-hybridized carbons (Fsp3) is 0. The maximum absolute atomic E-state index is 10.3. The normalized spacial score (nSPS) is 10.3. The van der Waals surface area contributed by atoms with Gasteiger partial charge in [0.2, 0.25) is 0 Å². The summed E-state index contributed by atoms with van der Waals surface area (Å²) in [4.78, 5) is 4.34. The van der Waals surface area contributed by atoms with Crippen LogP contribution in [0.25, 0.3) is 0 Å². The predicted molar refractivity (Wildman–Crippen MR) is 88.3 cm³/mol. The maximum Gasteiger partial charge on any atom is 0.169 e. The van der Waals surface area contributed by atoms with Crippen molar-refractivity contribution in [2.24, 2.45) is 4.99 Å². The maximum atomic E-state index is 10.3. The van der Waals surface area contributed by atoms with Crippen LogP contribution in [-0.4, -0.2) is 11.3 Å². The molecule has 0 aromatic heterocycles. The fourth-order valence-electron chi connectivity index (χ4n) is 2.00. The van der Waals surface area contributed by atoms with Gasteiger partial charge in [0.1, 0.15) is 5.75 Å². The molecule has 0 bridgehead atoms. The van der Waals surface area contributed by atoms with E-state index in [1.54, 1.807) is 18.3 Å². The largest absolute Gasteiger partial charge is 0.504 e. The second kappa shape index (κ2) is 8.17. The van der Waals surface area contributed by atoms with E-state index in [1.165, 1.54) is 0 Å². The molecule has 0 heterocycles. The molecule has 117 valence electrons. The standard InChI is InChI=1S/C19H15NO2.Co/c21-19-15(14-20-16-9-3-1-4-10-16)8-7-13-18(19)22-17-11-5-2-6-12-17;/h1-14,21H;. The van der Waals surface area contributed by atoms with E-state index in [9.17, 15) is 5.11 Å². The van der Waals surface area contributed by atoms with Crippen LogP contribution in [0.1, 0.15) is 5.56 Å². The minimum absolute atomic E-state index is 0. The van der Waals surface area contributed by atoms with Crippen LogP contribution in [0.5, 0.6) is 17.2 Å². The van der Waals surface area contributed by atoms with Crippen LogP contribution in [0.3, 0.4) is 0 Å². The Morgan fingerprint density at radius 1 is 0.783 bits per heavy atom. The summed E-state index contributed by atoms with van der Waals surface area (Å²) in [7, 11) is 0. The molecule has 23 heavy (non-hydrogen) atoms. The van der Waals surface area contributed by atoms with E-state index in [2.05, 4.69) is 4.99 Å². The Labute approximate surface area is 145 Å². The second-order valence-corrected chi connectivity index (χ2v) is 4.70. The summed E-state index contributed by atoms with van der Waals surface area (Å²) >= 11 is 0. The molecule has 3 rings (SSSR count). The third-order valence-corrected chi connectivity index (χ3v) is 3.11. The molecule has 3 aromatic carbocycles. The first-order valence-electron chi connectivity index (χ1n) is 6.97. The smallest absolute Gasteiger partial charge is 0.169 e. The Morgan fingerprint density at radius 3 is 2.13 bits per heavy atom. The summed E-state index contributed by atoms with van der Waals surface area (Å²) in [6, 6.07) is 24.3. The Hall–Kier alpha value is -2.56. The Morgan fingerprint density at radius 2 is 1.43 bits per heavy atom. The van der Waals surface area contributed by atoms with Gasteiger partial charge in [-0.05, 0) is 36.4 Å². The van der Waals surface area contributed by atoms with Crippen LogP contribution < -0.4 is 4.74 Å². The van der Waals surface area contributed by atoms with E-state index in [1.807, 2.05) is 66.7 Å². The topological polar surface area (TPSA) is 41.8 Å². The molecule has 0 aliphatic heterocycles. The molecule has 0 saturated heterocycles. The van der Waals surface area contributed by atoms with Gasteiger partial charge in [-0.1, -0.05) is 42.5 Å². The van der Waals surface area contributed by atoms with Gasteiger partial charge in [0.05, 0.1) is 5.69 Å². The minimum atomic E-state index is 0. The first-order valence-corrected chi connectivity index (χ1v) is 6.97. The van der Waals surface area contributed by atoms with Crippen molar-refractivity contribution < 1.29 is 26.6 Å². The van der Waals surface area contributed by atoms with Crippen molar-refractivity contribution in [1.29, 1.82) is 0 Å². The van der Waals surface area contributed by atoms with Gasteiger partial charge in [-0.2, -0.15) is 0 Å². The number of rotatable bonds is 4. The third kappa shape index (κ3) is 4.45. The summed E-state index contributed by atoms with van der Waals surface area (Å²) in [5.41, 5.74) is 1.44. The van der Waals surface area contributed by atoms with E-state index in [4.69, 9.17) is 4.74 Å². The van der Waals surface area contributed by atoms with E-state index in [-0.39, 0.29) is 22.5 Å². The summed E-state index contributed by atoms with van der Waals surface area (Å²) < 4.78 is 5.69. The number of phenolic OH excluding ortho intramolecular Hbond substituents is 1. The second-order valence-electron chi connectivity index (χ2n) is 4.70. The van der Waals surface area contributed by atoms with Crippen molar-refractivity contribution in [2.75, 3.05) is 0 Å². The fourth-order valence-corrected chi connectivity index (χ4v) is 2.00. The van der Waals surface area contributed by atoms with Crippen molar-refractivity contribution >= 4 is 11.9 Å². The number of para-hydroxylation sites is 3. The van der Waals surface area contributed by atoms with Crippen molar-refractivity contribution in [3.05, 3.63) is 84.4 Å². The molecule has 4 heteroatoms. The van der Waals surface area contributed by atoms with Crippen LogP contribution in [-0.2, 0) is 16.8 Å². The Balaban J connectivity index is 0.00000192. The predicted octanol–water partition coefficient (Wildman–Crippen LogP) is 4.93. The van der Waals surface area contributed by atoms with E-state index in [0.717, 1.165) is 5.69 Å². The quantitative estimate of drug-likeness (QED) is 0.679. The molecule has 0 amide bonds. The number of nitrogens with zero attached hydrogens (tertiary/aromatic N) is 1. The first kappa shape index (κ1) is 16.8. The average Bonchev–Trinajstić information content (AvgIpc) is 2.58. The third-order valence-electron chi connectivity index (χ3n) is 3.11. The molecule has 0 saturated carbocycles. The summed E-state index contributed by atoms with van der Waals surface area (Å²) in [5, 5.41) is 10.3. The molecule has 3 aromatic rings. The molecule has 1 radical (unpaired) electrons. The number of aromatic hydroxyl groups is 1. The molecule has 0 spiro atoms. The van der Waals surface area contributed by atoms with Gasteiger partial charge < -0.3 is 9.84 Å². The number of hydrogen-bond acceptors (Lipinski definition) is 3. The number of phenols is 1. The van der Waals surface area contributed by atoms with Gasteiger partial charge in [-0.15, -0.1) is 0 Å². The number of benzene rings is 3. The number of hydrogen-bond donors (Lipinski definition) is 1. The molecule has 0 unspecified atom stereocenters. The van der Waals surface area contributed by atoms with Crippen LogP contribution in [0, 0.1) is 0 Å². The number of aliphatic imine (C=N–C) groups is 1. The summed E-state index contributed by atoms with van der Waals surface area (Å²) in [6.07, 6.45) is 1.63. The van der Waals surface area contributed by atoms with E-state index >= 15 is 0 Å². The Kier molecular flexibility index (Phi) is 5.97. The van der Waals surface area contributed by atoms with Crippen LogP contribution in [0.15, 0.2) is 83.9 Å². The van der Waals surface area contributed by atoms with Crippen molar-refractivity contribution in [1.82, 2.24) is 0 Å². The molecule has 0 aliphatic carbocycles. The monoisotopic (exact) mass is 348 g/mol. The molecule has 0 fully saturated rings. The van der Waals surface area contributed by atoms with Gasteiger partial charge in [-0.25, -0.2) is 0 Å². The first-order chi connectivity index (χ1) is 10.8. The van der Waals surface area contributed by atoms with Crippen LogP contribution >= 0.6 is 0 Å². The zero-order chi connectivity index (χ0) is 15.2. The van der Waals surface area contributed by atoms with Gasteiger partial charge >= 0.3 is 0 Å². The van der Waals surface area contributed by atoms with Crippen molar-refractivity contribution in [3.63, 3.8) is 0 Å². The molecule has 3 nitrogen and oxygen atoms in total. The van der Waals surface area contributed by atoms with E-state index in [0.29, 0.717) is 17.1 Å². The van der Waals surface area contributed by atoms with Gasteiger partial charge in [0.15, 0.2) is 11.5 Å². The van der Waals surface area contributed by atoms with Gasteiger partial charge in [0, 0.05) is 28.6 Å². The average molecular weight is 348 g/mol. The molecular formula is C19H15CoNO2. The van der Waals surface area contributed by atoms with Gasteiger partial charge in [0.25, 0.3) is 0 Å². The summed E-state index contributed by atoms with van der Waals surface area (Å²) in [6.45, 7) is 0. The van der Waals surface area contributed by atoms with Crippen LogP contribution in [0.2, 0.25) is 0 Å². The van der Waals surface area contributed by atoms with E-state index < -0.39 is 0 Å². The summed E-state index contributed by atoms with van der Waals surface area (Å²) in [5.74, 6) is 1.16. The van der Waals surface area contributed by atoms with Crippen LogP contribution in [0.4, 0.5) is 5.69 Å².